The number of aromatic nitrogens is 1. The average molecular weight is 736 g/mol. The van der Waals surface area contributed by atoms with Crippen LogP contribution in [-0.2, 0) is 29.1 Å². The zero-order valence-corrected chi connectivity index (χ0v) is 30.9. The van der Waals surface area contributed by atoms with Crippen LogP contribution in [0.1, 0.15) is 84.1 Å². The van der Waals surface area contributed by atoms with Crippen LogP contribution < -0.4 is 20.1 Å². The second-order valence-corrected chi connectivity index (χ2v) is 17.4. The normalized spacial score (nSPS) is 28.1. The van der Waals surface area contributed by atoms with E-state index in [-0.39, 0.29) is 26.0 Å². The topological polar surface area (TPSA) is 173 Å². The fourth-order valence-electron chi connectivity index (χ4n) is 6.98. The van der Waals surface area contributed by atoms with Gasteiger partial charge < -0.3 is 25.0 Å². The molecule has 6 rings (SSSR count). The van der Waals surface area contributed by atoms with Crippen LogP contribution in [0.3, 0.4) is 0 Å². The van der Waals surface area contributed by atoms with E-state index in [9.17, 15) is 27.6 Å². The highest BCUT2D eigenvalue weighted by Gasteiger charge is 2.62. The molecule has 4 bridgehead atoms. The SMILES string of the molecule is C=C[C@@H]1CC1(NC(=O)[C@@H]1C[C@@H]2CN1C(=O)[C@H](C(C)(C)C)NC(=O)OCCCCCC/C=C/c1ccc3ccnc(c3c1)O2)C(=O)NS(=O)(=O)C1CC1. The van der Waals surface area contributed by atoms with E-state index < -0.39 is 74.1 Å². The molecule has 2 aliphatic carbocycles. The van der Waals surface area contributed by atoms with Crippen LogP contribution in [0.5, 0.6) is 5.88 Å². The number of hydrogen-bond acceptors (Lipinski definition) is 9. The van der Waals surface area contributed by atoms with Gasteiger partial charge in [-0.25, -0.2) is 18.2 Å². The minimum atomic E-state index is -3.89. The fraction of sp³-hybridized carbons (Fsp3) is 0.553. The summed E-state index contributed by atoms with van der Waals surface area (Å²) in [5.74, 6) is -2.16. The maximum atomic E-state index is 14.5. The van der Waals surface area contributed by atoms with Gasteiger partial charge in [0.25, 0.3) is 5.91 Å². The fourth-order valence-corrected chi connectivity index (χ4v) is 8.35. The molecular formula is C38H49N5O8S. The number of benzene rings is 1. The molecule has 0 spiro atoms. The molecule has 4 aliphatic rings. The van der Waals surface area contributed by atoms with E-state index in [2.05, 4.69) is 39.1 Å². The van der Waals surface area contributed by atoms with Gasteiger partial charge in [-0.15, -0.1) is 6.58 Å². The second kappa shape index (κ2) is 14.9. The van der Waals surface area contributed by atoms with Crippen molar-refractivity contribution in [1.29, 1.82) is 0 Å². The maximum absolute atomic E-state index is 14.5. The molecule has 1 aromatic heterocycles. The van der Waals surface area contributed by atoms with Crippen LogP contribution in [0.25, 0.3) is 16.8 Å². The smallest absolute Gasteiger partial charge is 0.407 e. The average Bonchev–Trinajstić information content (AvgIpc) is 4.02. The summed E-state index contributed by atoms with van der Waals surface area (Å²) in [6, 6.07) is 5.71. The Labute approximate surface area is 305 Å². The van der Waals surface area contributed by atoms with Crippen molar-refractivity contribution < 1.29 is 37.1 Å². The lowest BCUT2D eigenvalue weighted by Gasteiger charge is -2.35. The van der Waals surface area contributed by atoms with Gasteiger partial charge in [0.2, 0.25) is 27.7 Å². The summed E-state index contributed by atoms with van der Waals surface area (Å²) >= 11 is 0. The number of amides is 4. The molecule has 4 amide bonds. The predicted octanol–water partition coefficient (Wildman–Crippen LogP) is 4.37. The molecule has 2 saturated carbocycles. The van der Waals surface area contributed by atoms with E-state index in [1.807, 2.05) is 24.3 Å². The summed E-state index contributed by atoms with van der Waals surface area (Å²) in [4.78, 5) is 61.1. The first kappa shape index (κ1) is 37.3. The van der Waals surface area contributed by atoms with Crippen LogP contribution in [0.15, 0.2) is 49.2 Å². The van der Waals surface area contributed by atoms with Crippen molar-refractivity contribution in [1.82, 2.24) is 25.2 Å². The first-order valence-corrected chi connectivity index (χ1v) is 19.7. The van der Waals surface area contributed by atoms with Crippen LogP contribution in [0, 0.1) is 11.3 Å². The third kappa shape index (κ3) is 8.27. The van der Waals surface area contributed by atoms with Crippen molar-refractivity contribution in [3.05, 3.63) is 54.8 Å². The van der Waals surface area contributed by atoms with Crippen molar-refractivity contribution in [2.24, 2.45) is 11.3 Å². The van der Waals surface area contributed by atoms with Crippen LogP contribution in [-0.4, -0.2) is 84.2 Å². The number of rotatable bonds is 6. The van der Waals surface area contributed by atoms with E-state index in [4.69, 9.17) is 9.47 Å². The molecule has 14 heteroatoms. The highest BCUT2D eigenvalue weighted by atomic mass is 32.2. The molecule has 1 aromatic carbocycles. The van der Waals surface area contributed by atoms with E-state index in [0.29, 0.717) is 25.1 Å². The summed E-state index contributed by atoms with van der Waals surface area (Å²) in [7, 11) is -3.89. The van der Waals surface area contributed by atoms with Gasteiger partial charge in [0.05, 0.1) is 18.4 Å². The molecular weight excluding hydrogens is 687 g/mol. The number of cyclic esters (lactones) is 1. The molecule has 2 aliphatic heterocycles. The van der Waals surface area contributed by atoms with Crippen LogP contribution in [0.2, 0.25) is 0 Å². The molecule has 1 unspecified atom stereocenters. The first-order valence-electron chi connectivity index (χ1n) is 18.2. The molecule has 2 aromatic rings. The van der Waals surface area contributed by atoms with E-state index >= 15 is 0 Å². The number of pyridine rings is 1. The van der Waals surface area contributed by atoms with E-state index in [1.165, 1.54) is 11.0 Å². The highest BCUT2D eigenvalue weighted by molar-refractivity contribution is 7.91. The molecule has 280 valence electrons. The largest absolute Gasteiger partial charge is 0.472 e. The van der Waals surface area contributed by atoms with E-state index in [1.54, 1.807) is 27.0 Å². The zero-order valence-electron chi connectivity index (χ0n) is 30.1. The Morgan fingerprint density at radius 1 is 1.12 bits per heavy atom. The number of nitrogens with zero attached hydrogens (tertiary/aromatic N) is 2. The number of carbonyl (C=O) groups excluding carboxylic acids is 4. The number of sulfonamides is 1. The van der Waals surface area contributed by atoms with Gasteiger partial charge in [-0.05, 0) is 67.0 Å². The standard InChI is InChI=1S/C38H49N5O8S/c1-5-26-22-38(26,35(46)42-52(48,49)28-15-16-28)41-32(44)30-21-27-23-43(30)34(45)31(37(2,3)4)40-36(47)50-19-11-9-7-6-8-10-12-24-13-14-25-17-18-39-33(51-27)29(25)20-24/h5,10,12-14,17-18,20,26-28,30-31H,1,6-9,11,15-16,19,21-23H2,2-4H3,(H,40,47)(H,41,44)(H,42,46)/b12-10+/t26-,27-,30+,31-,38?/m1/s1. The van der Waals surface area contributed by atoms with Crippen molar-refractivity contribution in [2.75, 3.05) is 13.2 Å². The predicted molar refractivity (Wildman–Crippen MR) is 195 cm³/mol. The quantitative estimate of drug-likeness (QED) is 0.364. The molecule has 3 fully saturated rings. The third-order valence-electron chi connectivity index (χ3n) is 10.3. The number of ether oxygens (including phenoxy) is 2. The molecule has 13 nitrogen and oxygen atoms in total. The summed E-state index contributed by atoms with van der Waals surface area (Å²) in [5, 5.41) is 6.61. The Morgan fingerprint density at radius 3 is 2.60 bits per heavy atom. The van der Waals surface area contributed by atoms with Gasteiger partial charge in [-0.2, -0.15) is 0 Å². The van der Waals surface area contributed by atoms with Gasteiger partial charge in [-0.3, -0.25) is 19.1 Å². The van der Waals surface area contributed by atoms with Gasteiger partial charge >= 0.3 is 6.09 Å². The number of alkyl carbamates (subject to hydrolysis) is 1. The number of fused-ring (bicyclic) bond motifs is 3. The van der Waals surface area contributed by atoms with Gasteiger partial charge in [0.15, 0.2) is 0 Å². The van der Waals surface area contributed by atoms with Gasteiger partial charge in [-0.1, -0.05) is 64.0 Å². The lowest BCUT2D eigenvalue weighted by atomic mass is 9.85. The number of allylic oxidation sites excluding steroid dienone is 1. The van der Waals surface area contributed by atoms with Crippen LogP contribution in [0.4, 0.5) is 4.79 Å². The Balaban J connectivity index is 1.32. The van der Waals surface area contributed by atoms with E-state index in [0.717, 1.165) is 42.0 Å². The van der Waals surface area contributed by atoms with Crippen molar-refractivity contribution in [2.45, 2.75) is 108 Å². The molecule has 3 N–H and O–H groups in total. The maximum Gasteiger partial charge on any atom is 0.407 e. The Hall–Kier alpha value is -4.46. The van der Waals surface area contributed by atoms with Crippen molar-refractivity contribution >= 4 is 50.7 Å². The number of hydrogen-bond donors (Lipinski definition) is 3. The van der Waals surface area contributed by atoms with Gasteiger partial charge in [0, 0.05) is 23.9 Å². The Kier molecular flexibility index (Phi) is 10.7. The summed E-state index contributed by atoms with van der Waals surface area (Å²) in [5.41, 5.74) is -1.34. The first-order chi connectivity index (χ1) is 24.7. The number of carbonyl (C=O) groups is 4. The molecule has 0 radical (unpaired) electrons. The Bertz CT molecular complexity index is 1870. The minimum Gasteiger partial charge on any atom is -0.472 e. The summed E-state index contributed by atoms with van der Waals surface area (Å²) < 4.78 is 39.5. The van der Waals surface area contributed by atoms with Crippen molar-refractivity contribution in [3.63, 3.8) is 0 Å². The van der Waals surface area contributed by atoms with Crippen LogP contribution >= 0.6 is 0 Å². The van der Waals surface area contributed by atoms with Crippen molar-refractivity contribution in [3.8, 4) is 5.88 Å². The molecule has 52 heavy (non-hydrogen) atoms. The lowest BCUT2D eigenvalue weighted by molar-refractivity contribution is -0.142. The summed E-state index contributed by atoms with van der Waals surface area (Å²) in [6.07, 6.45) is 11.5. The second-order valence-electron chi connectivity index (χ2n) is 15.4. The lowest BCUT2D eigenvalue weighted by Crippen LogP contribution is -2.60. The molecule has 3 heterocycles. The monoisotopic (exact) mass is 735 g/mol. The number of nitrogens with one attached hydrogen (secondary N) is 3. The van der Waals surface area contributed by atoms with Gasteiger partial charge in [0.1, 0.15) is 23.7 Å². The highest BCUT2D eigenvalue weighted by Crippen LogP contribution is 2.45. The third-order valence-corrected chi connectivity index (χ3v) is 12.1. The summed E-state index contributed by atoms with van der Waals surface area (Å²) in [6.45, 7) is 9.38. The Morgan fingerprint density at radius 2 is 1.88 bits per heavy atom. The molecule has 5 atom stereocenters. The minimum absolute atomic E-state index is 0.0158. The zero-order chi connectivity index (χ0) is 37.3. The molecule has 1 saturated heterocycles.